The Morgan fingerprint density at radius 1 is 1.08 bits per heavy atom. The summed E-state index contributed by atoms with van der Waals surface area (Å²) in [6.45, 7) is 0.600. The van der Waals surface area contributed by atoms with Gasteiger partial charge in [0.1, 0.15) is 5.82 Å². The minimum atomic E-state index is -0.282. The molecule has 5 nitrogen and oxygen atoms in total. The molecule has 2 aliphatic carbocycles. The van der Waals surface area contributed by atoms with Crippen molar-refractivity contribution in [1.29, 1.82) is 0 Å². The standard InChI is InChI=1S/C20H28FN3O2/c21-18-9-5-4-6-15(18)14-24(17-10-11-17)19(25)12-13-22-20(26)23-16-7-2-1-3-8-16/h4-6,9,16-17H,1-3,7-8,10-14H2,(H2,22,23,26). The van der Waals surface area contributed by atoms with Gasteiger partial charge in [-0.25, -0.2) is 9.18 Å². The highest BCUT2D eigenvalue weighted by molar-refractivity contribution is 5.79. The Labute approximate surface area is 154 Å². The summed E-state index contributed by atoms with van der Waals surface area (Å²) in [5, 5.41) is 5.76. The maximum absolute atomic E-state index is 13.9. The van der Waals surface area contributed by atoms with Crippen LogP contribution in [0.4, 0.5) is 9.18 Å². The first-order valence-electron chi connectivity index (χ1n) is 9.70. The Bertz CT molecular complexity index is 627. The van der Waals surface area contributed by atoms with Gasteiger partial charge in [0.2, 0.25) is 5.91 Å². The molecule has 1 aromatic rings. The SMILES string of the molecule is O=C(NCCC(=O)N(Cc1ccccc1F)C1CC1)NC1CCCCC1. The average molecular weight is 361 g/mol. The zero-order valence-corrected chi connectivity index (χ0v) is 15.2. The fraction of sp³-hybridized carbons (Fsp3) is 0.600. The van der Waals surface area contributed by atoms with Crippen molar-refractivity contribution in [3.63, 3.8) is 0 Å². The predicted octanol–water partition coefficient (Wildman–Crippen LogP) is 3.34. The Morgan fingerprint density at radius 2 is 1.81 bits per heavy atom. The van der Waals surface area contributed by atoms with E-state index in [-0.39, 0.29) is 36.3 Å². The lowest BCUT2D eigenvalue weighted by atomic mass is 9.96. The number of nitrogens with one attached hydrogen (secondary N) is 2. The largest absolute Gasteiger partial charge is 0.338 e. The van der Waals surface area contributed by atoms with E-state index in [0.717, 1.165) is 38.5 Å². The summed E-state index contributed by atoms with van der Waals surface area (Å²) in [6, 6.07) is 6.83. The molecule has 3 rings (SSSR count). The number of nitrogens with zero attached hydrogens (tertiary/aromatic N) is 1. The van der Waals surface area contributed by atoms with Crippen molar-refractivity contribution in [2.45, 2.75) is 70.0 Å². The average Bonchev–Trinajstić information content (AvgIpc) is 3.46. The highest BCUT2D eigenvalue weighted by atomic mass is 19.1. The number of halogens is 1. The van der Waals surface area contributed by atoms with E-state index in [2.05, 4.69) is 10.6 Å². The topological polar surface area (TPSA) is 61.4 Å². The lowest BCUT2D eigenvalue weighted by molar-refractivity contribution is -0.132. The summed E-state index contributed by atoms with van der Waals surface area (Å²) in [6.07, 6.45) is 7.81. The second-order valence-electron chi connectivity index (χ2n) is 7.33. The summed E-state index contributed by atoms with van der Waals surface area (Å²) >= 11 is 0. The van der Waals surface area contributed by atoms with Crippen molar-refractivity contribution in [1.82, 2.24) is 15.5 Å². The third kappa shape index (κ3) is 5.44. The van der Waals surface area contributed by atoms with Gasteiger partial charge in [-0.2, -0.15) is 0 Å². The molecule has 0 aromatic heterocycles. The summed E-state index contributed by atoms with van der Waals surface area (Å²) in [5.41, 5.74) is 0.538. The monoisotopic (exact) mass is 361 g/mol. The van der Waals surface area contributed by atoms with Gasteiger partial charge in [0.25, 0.3) is 0 Å². The van der Waals surface area contributed by atoms with Crippen molar-refractivity contribution < 1.29 is 14.0 Å². The molecule has 26 heavy (non-hydrogen) atoms. The number of hydrogen-bond donors (Lipinski definition) is 2. The number of hydrogen-bond acceptors (Lipinski definition) is 2. The number of benzene rings is 1. The minimum Gasteiger partial charge on any atom is -0.338 e. The lowest BCUT2D eigenvalue weighted by Crippen LogP contribution is -2.44. The quantitative estimate of drug-likeness (QED) is 0.782. The molecule has 2 N–H and O–H groups in total. The van der Waals surface area contributed by atoms with E-state index in [1.807, 2.05) is 0 Å². The first-order chi connectivity index (χ1) is 12.6. The molecule has 0 saturated heterocycles. The normalized spacial score (nSPS) is 17.6. The highest BCUT2D eigenvalue weighted by Gasteiger charge is 2.32. The molecular weight excluding hydrogens is 333 g/mol. The van der Waals surface area contributed by atoms with Gasteiger partial charge in [-0.05, 0) is 31.7 Å². The first kappa shape index (κ1) is 18.7. The molecular formula is C20H28FN3O2. The maximum Gasteiger partial charge on any atom is 0.315 e. The van der Waals surface area contributed by atoms with Gasteiger partial charge in [-0.15, -0.1) is 0 Å². The molecule has 2 aliphatic rings. The van der Waals surface area contributed by atoms with Crippen LogP contribution in [0.2, 0.25) is 0 Å². The Balaban J connectivity index is 1.43. The number of urea groups is 1. The molecule has 2 fully saturated rings. The molecule has 6 heteroatoms. The third-order valence-electron chi connectivity index (χ3n) is 5.17. The second-order valence-corrected chi connectivity index (χ2v) is 7.33. The molecule has 0 spiro atoms. The number of rotatable bonds is 7. The van der Waals surface area contributed by atoms with E-state index in [4.69, 9.17) is 0 Å². The Kier molecular flexibility index (Phi) is 6.47. The van der Waals surface area contributed by atoms with Crippen LogP contribution >= 0.6 is 0 Å². The molecule has 0 aliphatic heterocycles. The second kappa shape index (κ2) is 9.01. The van der Waals surface area contributed by atoms with Crippen molar-refractivity contribution >= 4 is 11.9 Å². The zero-order valence-electron chi connectivity index (χ0n) is 15.2. The summed E-state index contributed by atoms with van der Waals surface area (Å²) in [4.78, 5) is 26.2. The Morgan fingerprint density at radius 3 is 2.50 bits per heavy atom. The summed E-state index contributed by atoms with van der Waals surface area (Å²) in [5.74, 6) is -0.315. The van der Waals surface area contributed by atoms with Crippen LogP contribution in [-0.2, 0) is 11.3 Å². The van der Waals surface area contributed by atoms with E-state index >= 15 is 0 Å². The van der Waals surface area contributed by atoms with E-state index in [0.29, 0.717) is 18.7 Å². The van der Waals surface area contributed by atoms with Crippen LogP contribution in [0.5, 0.6) is 0 Å². The minimum absolute atomic E-state index is 0.0336. The van der Waals surface area contributed by atoms with Crippen LogP contribution in [0, 0.1) is 5.82 Å². The molecule has 0 atom stereocenters. The van der Waals surface area contributed by atoms with E-state index in [9.17, 15) is 14.0 Å². The van der Waals surface area contributed by atoms with Gasteiger partial charge < -0.3 is 15.5 Å². The zero-order chi connectivity index (χ0) is 18.4. The van der Waals surface area contributed by atoms with Crippen LogP contribution in [-0.4, -0.2) is 35.5 Å². The van der Waals surface area contributed by atoms with Crippen molar-refractivity contribution in [3.05, 3.63) is 35.6 Å². The van der Waals surface area contributed by atoms with Gasteiger partial charge in [0.15, 0.2) is 0 Å². The molecule has 2 saturated carbocycles. The van der Waals surface area contributed by atoms with Crippen LogP contribution in [0.15, 0.2) is 24.3 Å². The molecule has 0 bridgehead atoms. The number of carbonyl (C=O) groups is 2. The number of amides is 3. The van der Waals surface area contributed by atoms with Crippen LogP contribution in [0.1, 0.15) is 56.9 Å². The van der Waals surface area contributed by atoms with E-state index < -0.39 is 0 Å². The molecule has 0 radical (unpaired) electrons. The molecule has 3 amide bonds. The van der Waals surface area contributed by atoms with E-state index in [1.54, 1.807) is 23.1 Å². The maximum atomic E-state index is 13.9. The predicted molar refractivity (Wildman–Crippen MR) is 98.0 cm³/mol. The third-order valence-corrected chi connectivity index (χ3v) is 5.17. The van der Waals surface area contributed by atoms with Crippen molar-refractivity contribution in [2.24, 2.45) is 0 Å². The van der Waals surface area contributed by atoms with Crippen LogP contribution in [0.25, 0.3) is 0 Å². The van der Waals surface area contributed by atoms with Crippen molar-refractivity contribution in [3.8, 4) is 0 Å². The Hall–Kier alpha value is -2.11. The van der Waals surface area contributed by atoms with Crippen molar-refractivity contribution in [2.75, 3.05) is 6.54 Å². The summed E-state index contributed by atoms with van der Waals surface area (Å²) in [7, 11) is 0. The van der Waals surface area contributed by atoms with Crippen LogP contribution < -0.4 is 10.6 Å². The number of carbonyl (C=O) groups excluding carboxylic acids is 2. The smallest absolute Gasteiger partial charge is 0.315 e. The van der Waals surface area contributed by atoms with Gasteiger partial charge in [-0.1, -0.05) is 37.5 Å². The first-order valence-corrected chi connectivity index (χ1v) is 9.70. The summed E-state index contributed by atoms with van der Waals surface area (Å²) < 4.78 is 13.9. The molecule has 1 aromatic carbocycles. The molecule has 142 valence electrons. The van der Waals surface area contributed by atoms with Gasteiger partial charge in [-0.3, -0.25) is 4.79 Å². The molecule has 0 heterocycles. The molecule has 0 unspecified atom stereocenters. The fourth-order valence-electron chi connectivity index (χ4n) is 3.53. The fourth-order valence-corrected chi connectivity index (χ4v) is 3.53. The lowest BCUT2D eigenvalue weighted by Gasteiger charge is -2.24. The highest BCUT2D eigenvalue weighted by Crippen LogP contribution is 2.29. The van der Waals surface area contributed by atoms with Gasteiger partial charge in [0.05, 0.1) is 0 Å². The van der Waals surface area contributed by atoms with Gasteiger partial charge in [0, 0.05) is 37.2 Å². The van der Waals surface area contributed by atoms with Crippen LogP contribution in [0.3, 0.4) is 0 Å². The van der Waals surface area contributed by atoms with Gasteiger partial charge >= 0.3 is 6.03 Å². The van der Waals surface area contributed by atoms with E-state index in [1.165, 1.54) is 12.5 Å².